The van der Waals surface area contributed by atoms with Crippen LogP contribution in [0.1, 0.15) is 222 Å². The highest BCUT2D eigenvalue weighted by atomic mass is 16.5. The molecule has 8 atom stereocenters. The van der Waals surface area contributed by atoms with Crippen molar-refractivity contribution in [3.8, 4) is 0 Å². The zero-order valence-electron chi connectivity index (χ0n) is 66.5. The Labute approximate surface area is 663 Å². The maximum absolute atomic E-state index is 14.1. The first-order valence-corrected chi connectivity index (χ1v) is 38.7. The Balaban J connectivity index is 0.000000429. The summed E-state index contributed by atoms with van der Waals surface area (Å²) in [5.41, 5.74) is 20.4. The Morgan fingerprint density at radius 3 is 1.22 bits per heavy atom. The summed E-state index contributed by atoms with van der Waals surface area (Å²) >= 11 is 0. The number of unbranched alkanes of at least 4 members (excludes halogenated alkanes) is 2. The van der Waals surface area contributed by atoms with Crippen molar-refractivity contribution >= 4 is 93.3 Å². The van der Waals surface area contributed by atoms with Gasteiger partial charge in [0.15, 0.2) is 11.4 Å². The Morgan fingerprint density at radius 1 is 0.416 bits per heavy atom. The molecule has 0 bridgehead atoms. The second kappa shape index (κ2) is 51.0. The minimum absolute atomic E-state index is 0.0239. The molecule has 0 aromatic heterocycles. The number of rotatable bonds is 45. The molecule has 0 saturated heterocycles. The van der Waals surface area contributed by atoms with Gasteiger partial charge in [-0.25, -0.2) is 0 Å². The first kappa shape index (κ1) is 93.7. The van der Waals surface area contributed by atoms with Crippen LogP contribution in [0.3, 0.4) is 0 Å². The number of Topliss-reactive ketones (excluding diaryl/α,β-unsaturated/α-hetero) is 1. The number of primary amides is 2. The third kappa shape index (κ3) is 35.0. The van der Waals surface area contributed by atoms with Crippen LogP contribution in [-0.4, -0.2) is 92.8 Å². The number of aliphatic hydroxyl groups excluding tert-OH is 2. The number of azo groups is 2. The monoisotopic (exact) mass is 1550 g/mol. The van der Waals surface area contributed by atoms with Crippen molar-refractivity contribution < 1.29 is 77.8 Å². The fraction of sp³-hybridized carbons (Fsp3) is 0.425. The van der Waals surface area contributed by atoms with Crippen LogP contribution in [-0.2, 0) is 47.8 Å². The molecule has 0 radical (unpaired) electrons. The number of carboxylic acid groups (broad SMARTS) is 2. The van der Waals surface area contributed by atoms with Crippen LogP contribution in [0, 0.1) is 35.5 Å². The Hall–Kier alpha value is -11.7. The number of anilines is 4. The number of nitrogens with two attached hydrogens (primary N) is 3. The number of hydrogen-bond acceptors (Lipinski definition) is 19. The van der Waals surface area contributed by atoms with Crippen LogP contribution < -0.4 is 33.2 Å². The first-order chi connectivity index (χ1) is 54.0. The minimum atomic E-state index is -0.918. The van der Waals surface area contributed by atoms with E-state index >= 15 is 0 Å². The molecular weight excluding hydrogens is 1440 g/mol. The van der Waals surface area contributed by atoms with E-state index in [0.29, 0.717) is 107 Å². The molecule has 0 aliphatic heterocycles. The van der Waals surface area contributed by atoms with E-state index in [1.165, 1.54) is 43.7 Å². The van der Waals surface area contributed by atoms with Crippen molar-refractivity contribution in [2.75, 3.05) is 34.9 Å². The molecule has 113 heavy (non-hydrogen) atoms. The number of ether oxygens (including phenoxy) is 2. The summed E-state index contributed by atoms with van der Waals surface area (Å²) in [5.74, 6) is -7.58. The lowest BCUT2D eigenvalue weighted by atomic mass is 9.82. The number of benzene rings is 6. The number of carbonyl (C=O) groups is 10. The Morgan fingerprint density at radius 2 is 0.796 bits per heavy atom. The highest BCUT2D eigenvalue weighted by Gasteiger charge is 2.29. The van der Waals surface area contributed by atoms with Gasteiger partial charge in [0.1, 0.15) is 17.3 Å². The van der Waals surface area contributed by atoms with E-state index in [-0.39, 0.29) is 98.8 Å². The maximum Gasteiger partial charge on any atom is 0.308 e. The number of allylic oxidation sites excluding steroid dienone is 2. The van der Waals surface area contributed by atoms with Crippen molar-refractivity contribution in [2.45, 2.75) is 190 Å². The van der Waals surface area contributed by atoms with Gasteiger partial charge in [-0.2, -0.15) is 10.2 Å². The summed E-state index contributed by atoms with van der Waals surface area (Å²) in [4.78, 5) is 123. The van der Waals surface area contributed by atoms with Gasteiger partial charge in [-0.1, -0.05) is 139 Å². The van der Waals surface area contributed by atoms with E-state index < -0.39 is 53.2 Å². The lowest BCUT2D eigenvalue weighted by Crippen LogP contribution is -2.25. The zero-order chi connectivity index (χ0) is 83.4. The summed E-state index contributed by atoms with van der Waals surface area (Å²) in [6, 6.07) is 45.2. The smallest absolute Gasteiger partial charge is 0.308 e. The predicted octanol–water partition coefficient (Wildman–Crippen LogP) is 18.4. The van der Waals surface area contributed by atoms with Gasteiger partial charge in [-0.15, -0.1) is 10.2 Å². The summed E-state index contributed by atoms with van der Waals surface area (Å²) in [7, 11) is 0. The normalized spacial score (nSPS) is 13.7. The van der Waals surface area contributed by atoms with Crippen molar-refractivity contribution in [2.24, 2.45) is 67.4 Å². The van der Waals surface area contributed by atoms with E-state index in [1.807, 2.05) is 83.1 Å². The second-order valence-corrected chi connectivity index (χ2v) is 28.1. The number of ketones is 1. The topological polar surface area (TPSA) is 434 Å². The third-order valence-electron chi connectivity index (χ3n) is 19.3. The molecule has 26 heteroatoms. The molecule has 8 unspecified atom stereocenters. The number of hydrogen-bond donors (Lipinski definition) is 10. The fourth-order valence-corrected chi connectivity index (χ4v) is 12.1. The molecule has 6 aromatic carbocycles. The van der Waals surface area contributed by atoms with Crippen LogP contribution in [0.5, 0.6) is 0 Å². The quantitative estimate of drug-likeness (QED) is 0.00424. The highest BCUT2D eigenvalue weighted by molar-refractivity contribution is 6.05. The second-order valence-electron chi connectivity index (χ2n) is 28.1. The van der Waals surface area contributed by atoms with Gasteiger partial charge in [0.05, 0.1) is 48.3 Å². The third-order valence-corrected chi connectivity index (χ3v) is 19.3. The van der Waals surface area contributed by atoms with Gasteiger partial charge in [-0.3, -0.25) is 47.9 Å². The van der Waals surface area contributed by atoms with Gasteiger partial charge in [0.25, 0.3) is 11.8 Å². The molecule has 0 saturated carbocycles. The first-order valence-electron chi connectivity index (χ1n) is 38.7. The SMILES string of the molecule is CC(O)=C(N=Nc1cccc(C(N)=O)c1)C(=O)Nc1cccc(N)c1.CCCCOC(=O)C(C)CCC(CCC(CC)C(=O)O)c1ccccc1.CCCCOC(=O)C(CCC(C)C(C)=O)CCC(CCC(CCC(CC)C(=O)O)C(=O)Nc1cccc(NC(=O)C(N=Nc2cccc(C(N)=O)c2)=C(C)O)c1)c1ccccc1. The van der Waals surface area contributed by atoms with Crippen LogP contribution in [0.15, 0.2) is 201 Å². The fourth-order valence-electron chi connectivity index (χ4n) is 12.1. The number of carboxylic acids is 2. The molecule has 26 nitrogen and oxygen atoms in total. The van der Waals surface area contributed by atoms with Gasteiger partial charge in [-0.05, 0) is 219 Å². The molecule has 5 amide bonds. The Kier molecular flexibility index (Phi) is 42.3. The standard InChI is InChI=1S/C48H63N5O9.C22H34O4.C17H17N5O3/c1-6-8-28-62-48(61)38(21-20-31(3)32(4)54)27-24-36(35-14-10-9-11-15-35)23-26-37(25-22-34(7-2)47(59)60)45(57)50-40-17-13-18-41(30-40)51-46(58)43(33(5)55)53-52-42-19-12-16-39(29-42)44(49)56;1-4-6-16-26-22(25)17(3)12-13-20(19-10-8-7-9-11-19)15-14-18(5-2)21(23)24;1-10(23)15(17(25)20-13-6-3-5-12(18)9-13)22-21-14-7-2-4-11(8-14)16(19)24/h9-19,29-31,34,36-38,55H,6-8,20-28H2,1-5H3,(H2,49,56)(H,50,57)(H,51,58)(H,59,60);7-11,17-18,20H,4-6,12-16H2,1-3H3,(H,23,24);2-9,23H,18H2,1H3,(H2,19,24)(H,20,25). The molecular formula is C87H114N10O16. The molecule has 0 heterocycles. The van der Waals surface area contributed by atoms with Gasteiger partial charge >= 0.3 is 23.9 Å². The highest BCUT2D eigenvalue weighted by Crippen LogP contribution is 2.35. The predicted molar refractivity (Wildman–Crippen MR) is 437 cm³/mol. The van der Waals surface area contributed by atoms with Crippen LogP contribution >= 0.6 is 0 Å². The molecule has 0 fully saturated rings. The largest absolute Gasteiger partial charge is 0.510 e. The zero-order valence-corrected chi connectivity index (χ0v) is 66.5. The van der Waals surface area contributed by atoms with Crippen molar-refractivity contribution in [1.82, 2.24) is 0 Å². The molecule has 6 aromatic rings. The molecule has 608 valence electrons. The Bertz CT molecular complexity index is 4200. The summed E-state index contributed by atoms with van der Waals surface area (Å²) in [6.07, 6.45) is 11.7. The number of nitrogens with zero attached hydrogens (tertiary/aromatic N) is 4. The number of aliphatic hydroxyl groups is 2. The maximum atomic E-state index is 14.1. The molecule has 0 aliphatic carbocycles. The minimum Gasteiger partial charge on any atom is -0.510 e. The van der Waals surface area contributed by atoms with Gasteiger partial charge in [0, 0.05) is 45.7 Å². The number of esters is 2. The van der Waals surface area contributed by atoms with Crippen LogP contribution in [0.2, 0.25) is 0 Å². The van der Waals surface area contributed by atoms with Crippen molar-refractivity contribution in [3.05, 3.63) is 203 Å². The summed E-state index contributed by atoms with van der Waals surface area (Å²) < 4.78 is 11.0. The average molecular weight is 1560 g/mol. The summed E-state index contributed by atoms with van der Waals surface area (Å²) in [5, 5.41) is 62.8. The van der Waals surface area contributed by atoms with E-state index in [2.05, 4.69) is 55.5 Å². The van der Waals surface area contributed by atoms with Crippen molar-refractivity contribution in [1.29, 1.82) is 0 Å². The number of nitrogens with one attached hydrogen (secondary N) is 3. The van der Waals surface area contributed by atoms with E-state index in [9.17, 15) is 68.4 Å². The van der Waals surface area contributed by atoms with E-state index in [1.54, 1.807) is 79.7 Å². The van der Waals surface area contributed by atoms with Crippen molar-refractivity contribution in [3.63, 3.8) is 0 Å². The lowest BCUT2D eigenvalue weighted by molar-refractivity contribution is -0.150. The number of amides is 5. The van der Waals surface area contributed by atoms with Crippen LogP contribution in [0.25, 0.3) is 0 Å². The summed E-state index contributed by atoms with van der Waals surface area (Å²) in [6.45, 7) is 16.6. The van der Waals surface area contributed by atoms with Crippen LogP contribution in [0.4, 0.5) is 34.1 Å². The molecule has 6 rings (SSSR count). The van der Waals surface area contributed by atoms with E-state index in [4.69, 9.17) is 26.7 Å². The number of carbonyl (C=O) groups excluding carboxylic acids is 8. The van der Waals surface area contributed by atoms with E-state index in [0.717, 1.165) is 50.5 Å². The number of aliphatic carboxylic acids is 2. The molecule has 0 spiro atoms. The van der Waals surface area contributed by atoms with Gasteiger partial charge < -0.3 is 63.1 Å². The average Bonchev–Trinajstić information content (AvgIpc) is 0.861. The molecule has 13 N–H and O–H groups in total. The number of nitrogen functional groups attached to an aromatic ring is 1. The molecule has 0 aliphatic rings. The van der Waals surface area contributed by atoms with Gasteiger partial charge in [0.2, 0.25) is 17.7 Å². The lowest BCUT2D eigenvalue weighted by Gasteiger charge is -2.24.